The molecule has 0 spiro atoms. The molecule has 17 heteroatoms. The molecule has 0 amide bonds. The summed E-state index contributed by atoms with van der Waals surface area (Å²) in [5.74, 6) is -4.40. The van der Waals surface area contributed by atoms with Gasteiger partial charge >= 0.3 is 0 Å². The third-order valence-corrected chi connectivity index (χ3v) is 8.22. The highest BCUT2D eigenvalue weighted by atomic mass is 127. The van der Waals surface area contributed by atoms with Crippen LogP contribution in [0.4, 0.5) is 0 Å². The number of halogens is 1. The van der Waals surface area contributed by atoms with Gasteiger partial charge in [-0.15, -0.1) is 0 Å². The van der Waals surface area contributed by atoms with Crippen molar-refractivity contribution in [2.45, 2.75) is 56.1 Å². The van der Waals surface area contributed by atoms with Crippen molar-refractivity contribution in [2.24, 2.45) is 77.3 Å². The smallest absolute Gasteiger partial charge is 0.293 e. The summed E-state index contributed by atoms with van der Waals surface area (Å²) in [5.41, 5.74) is 49.8. The summed E-state index contributed by atoms with van der Waals surface area (Å²) >= 11 is 1.62. The Kier molecular flexibility index (Phi) is 5.49. The summed E-state index contributed by atoms with van der Waals surface area (Å²) in [7, 11) is 0. The maximum Gasteiger partial charge on any atom is 0.293 e. The predicted molar refractivity (Wildman–Crippen MR) is 127 cm³/mol. The van der Waals surface area contributed by atoms with Crippen molar-refractivity contribution < 1.29 is 9.47 Å². The summed E-state index contributed by atoms with van der Waals surface area (Å²) in [6.45, 7) is 14.7. The van der Waals surface area contributed by atoms with Crippen molar-refractivity contribution in [2.75, 3.05) is 0 Å². The quantitative estimate of drug-likeness (QED) is 0.0482. The Labute approximate surface area is 192 Å². The molecule has 31 heavy (non-hydrogen) atoms. The van der Waals surface area contributed by atoms with E-state index >= 15 is 0 Å². The lowest BCUT2D eigenvalue weighted by Crippen LogP contribution is -2.95. The largest absolute Gasteiger partial charge is 0.318 e. The highest BCUT2D eigenvalue weighted by molar-refractivity contribution is 14.1. The van der Waals surface area contributed by atoms with Gasteiger partial charge in [-0.2, -0.15) is 0 Å². The van der Waals surface area contributed by atoms with Crippen LogP contribution >= 0.6 is 22.6 Å². The molecule has 2 rings (SSSR count). The zero-order chi connectivity index (χ0) is 24.7. The molecule has 4 atom stereocenters. The van der Waals surface area contributed by atoms with Gasteiger partial charge in [0.1, 0.15) is 11.2 Å². The first kappa shape index (κ1) is 26.2. The first-order valence-electron chi connectivity index (χ1n) is 8.55. The molecule has 2 aliphatic rings. The Morgan fingerprint density at radius 1 is 0.645 bits per heavy atom. The van der Waals surface area contributed by atoms with E-state index in [-0.39, 0.29) is 0 Å². The van der Waals surface area contributed by atoms with Crippen molar-refractivity contribution in [1.29, 1.82) is 0 Å². The standard InChI is InChI=1S/C14H31IN14O2/c1-6(16,11(24)7(15,17)8(18,19)13(26-2,27-3)30-11)12(25)9(20,21)10(22,23)14(28-4,29-5)31-12/h2-5,16-25H2,1H3. The van der Waals surface area contributed by atoms with Crippen molar-refractivity contribution >= 4 is 49.5 Å². The molecule has 2 aliphatic heterocycles. The molecule has 2 fully saturated rings. The monoisotopic (exact) mass is 554 g/mol. The van der Waals surface area contributed by atoms with Gasteiger partial charge in [0.05, 0.1) is 0 Å². The summed E-state index contributed by atoms with van der Waals surface area (Å²) < 4.78 is 9.69. The highest BCUT2D eigenvalue weighted by Gasteiger charge is 2.87. The SMILES string of the molecule is C=NC1(N=C)OC(N)(C(C)(N)C2(N)OC(N=C)(N=C)C(N)(N)C2(N)I)C(N)(N)C1(N)N. The molecule has 0 aromatic heterocycles. The van der Waals surface area contributed by atoms with Crippen LogP contribution in [-0.4, -0.2) is 76.1 Å². The van der Waals surface area contributed by atoms with E-state index in [4.69, 9.17) is 66.8 Å². The lowest BCUT2D eigenvalue weighted by atomic mass is 9.68. The van der Waals surface area contributed by atoms with Gasteiger partial charge in [-0.05, 0) is 33.8 Å². The molecule has 0 aromatic carbocycles. The number of hydrogen-bond acceptors (Lipinski definition) is 16. The Bertz CT molecular complexity index is 759. The molecule has 0 aromatic rings. The minimum Gasteiger partial charge on any atom is -0.318 e. The first-order valence-corrected chi connectivity index (χ1v) is 9.63. The van der Waals surface area contributed by atoms with Crippen molar-refractivity contribution in [1.82, 2.24) is 0 Å². The van der Waals surface area contributed by atoms with Gasteiger partial charge in [0, 0.05) is 0 Å². The molecule has 0 bridgehead atoms. The van der Waals surface area contributed by atoms with Gasteiger partial charge < -0.3 is 55.3 Å². The molecule has 2 heterocycles. The molecule has 2 saturated heterocycles. The average molecular weight is 554 g/mol. The summed E-state index contributed by atoms with van der Waals surface area (Å²) in [6, 6.07) is 0. The maximum absolute atomic E-state index is 6.64. The topological polar surface area (TPSA) is 328 Å². The van der Waals surface area contributed by atoms with E-state index in [0.717, 1.165) is 0 Å². The van der Waals surface area contributed by atoms with Crippen LogP contribution in [-0.2, 0) is 9.47 Å². The lowest BCUT2D eigenvalue weighted by molar-refractivity contribution is -0.219. The number of ether oxygens (including phenoxy) is 2. The van der Waals surface area contributed by atoms with Crippen LogP contribution in [0, 0.1) is 0 Å². The van der Waals surface area contributed by atoms with Crippen molar-refractivity contribution in [3.63, 3.8) is 0 Å². The summed E-state index contributed by atoms with van der Waals surface area (Å²) in [5, 5.41) is 0. The number of hydrogen-bond donors (Lipinski definition) is 10. The molecular weight excluding hydrogens is 523 g/mol. The van der Waals surface area contributed by atoms with Crippen LogP contribution in [0.5, 0.6) is 0 Å². The van der Waals surface area contributed by atoms with Crippen LogP contribution in [0.3, 0.4) is 0 Å². The Morgan fingerprint density at radius 2 is 0.968 bits per heavy atom. The van der Waals surface area contributed by atoms with E-state index in [9.17, 15) is 0 Å². The second-order valence-electron chi connectivity index (χ2n) is 8.05. The van der Waals surface area contributed by atoms with Gasteiger partial charge in [0.15, 0.2) is 26.3 Å². The molecule has 0 radical (unpaired) electrons. The maximum atomic E-state index is 6.64. The van der Waals surface area contributed by atoms with Crippen molar-refractivity contribution in [3.8, 4) is 0 Å². The molecule has 0 saturated carbocycles. The first-order chi connectivity index (χ1) is 13.7. The van der Waals surface area contributed by atoms with Gasteiger partial charge in [0.25, 0.3) is 11.7 Å². The number of alkyl halides is 1. The van der Waals surface area contributed by atoms with Gasteiger partial charge in [0.2, 0.25) is 0 Å². The third-order valence-electron chi connectivity index (χ3n) is 6.53. The summed E-state index contributed by atoms with van der Waals surface area (Å²) in [6.07, 6.45) is 0. The zero-order valence-corrected chi connectivity index (χ0v) is 19.2. The third kappa shape index (κ3) is 2.33. The average Bonchev–Trinajstić information content (AvgIpc) is 2.88. The van der Waals surface area contributed by atoms with Crippen LogP contribution in [0.25, 0.3) is 0 Å². The molecule has 176 valence electrons. The van der Waals surface area contributed by atoms with Crippen LogP contribution < -0.4 is 57.3 Å². The molecular formula is C14H31IN14O2. The van der Waals surface area contributed by atoms with E-state index in [1.54, 1.807) is 22.6 Å². The Morgan fingerprint density at radius 3 is 1.26 bits per heavy atom. The number of nitrogens with zero attached hydrogens (tertiary/aromatic N) is 4. The zero-order valence-electron chi connectivity index (χ0n) is 17.1. The van der Waals surface area contributed by atoms with E-state index in [1.807, 2.05) is 0 Å². The van der Waals surface area contributed by atoms with Gasteiger partial charge in [-0.3, -0.25) is 11.5 Å². The van der Waals surface area contributed by atoms with Crippen LogP contribution in [0.2, 0.25) is 0 Å². The molecule has 4 unspecified atom stereocenters. The molecule has 16 nitrogen and oxygen atoms in total. The fourth-order valence-corrected chi connectivity index (χ4v) is 4.97. The number of aliphatic imine (C=N–C) groups is 4. The minimum atomic E-state index is -2.48. The Balaban J connectivity index is 2.88. The van der Waals surface area contributed by atoms with E-state index in [2.05, 4.69) is 46.8 Å². The van der Waals surface area contributed by atoms with Gasteiger partial charge in [-0.1, -0.05) is 22.6 Å². The predicted octanol–water partition coefficient (Wildman–Crippen LogP) is -5.88. The van der Waals surface area contributed by atoms with Gasteiger partial charge in [-0.25, -0.2) is 20.0 Å². The second-order valence-corrected chi connectivity index (χ2v) is 9.75. The minimum absolute atomic E-state index is 1.25. The summed E-state index contributed by atoms with van der Waals surface area (Å²) in [4.78, 5) is 14.9. The fraction of sp³-hybridized carbons (Fsp3) is 0.714. The van der Waals surface area contributed by atoms with E-state index in [0.29, 0.717) is 0 Å². The van der Waals surface area contributed by atoms with Crippen molar-refractivity contribution in [3.05, 3.63) is 0 Å². The number of rotatable bonds is 6. The van der Waals surface area contributed by atoms with E-state index < -0.39 is 49.2 Å². The lowest BCUT2D eigenvalue weighted by Gasteiger charge is -2.56. The second kappa shape index (κ2) is 6.50. The molecule has 0 aliphatic carbocycles. The Hall–Kier alpha value is -1.07. The van der Waals surface area contributed by atoms with Crippen LogP contribution in [0.1, 0.15) is 6.92 Å². The highest BCUT2D eigenvalue weighted by Crippen LogP contribution is 2.58. The fourth-order valence-electron chi connectivity index (χ4n) is 3.95. The number of nitrogens with two attached hydrogens (primary N) is 10. The van der Waals surface area contributed by atoms with Crippen LogP contribution in [0.15, 0.2) is 20.0 Å². The normalized spacial score (nSPS) is 41.2. The van der Waals surface area contributed by atoms with E-state index in [1.165, 1.54) is 6.92 Å². The molecule has 20 N–H and O–H groups in total.